The highest BCUT2D eigenvalue weighted by molar-refractivity contribution is 9.10. The van der Waals surface area contributed by atoms with Crippen molar-refractivity contribution in [3.05, 3.63) is 17.0 Å². The molecule has 0 saturated carbocycles. The summed E-state index contributed by atoms with van der Waals surface area (Å²) in [5.41, 5.74) is 0. The van der Waals surface area contributed by atoms with Crippen LogP contribution in [0.25, 0.3) is 0 Å². The average Bonchev–Trinajstić information content (AvgIpc) is 2.01. The Balaban J connectivity index is 2.51. The van der Waals surface area contributed by atoms with Gasteiger partial charge >= 0.3 is 0 Å². The van der Waals surface area contributed by atoms with Crippen LogP contribution in [0.1, 0.15) is 20.3 Å². The highest BCUT2D eigenvalue weighted by Crippen LogP contribution is 2.11. The Kier molecular flexibility index (Phi) is 4.28. The third-order valence-corrected chi connectivity index (χ3v) is 2.16. The molecule has 0 aliphatic heterocycles. The van der Waals surface area contributed by atoms with Crippen molar-refractivity contribution in [3.63, 3.8) is 0 Å². The highest BCUT2D eigenvalue weighted by atomic mass is 79.9. The number of aromatic nitrogens is 2. The second-order valence-corrected chi connectivity index (χ2v) is 4.17. The summed E-state index contributed by atoms with van der Waals surface area (Å²) >= 11 is 3.26. The van der Waals surface area contributed by atoms with E-state index in [1.165, 1.54) is 6.33 Å². The lowest BCUT2D eigenvalue weighted by atomic mass is 10.1. The standard InChI is InChI=1S/C9H14BrN3O/c1-6(3-7(2)14)13-9-4-8(10)11-5-12-9/h4-7,14H,3H2,1-2H3,(H,11,12,13). The van der Waals surface area contributed by atoms with Gasteiger partial charge in [0.25, 0.3) is 0 Å². The molecule has 0 saturated heterocycles. The summed E-state index contributed by atoms with van der Waals surface area (Å²) < 4.78 is 0.749. The van der Waals surface area contributed by atoms with Crippen LogP contribution < -0.4 is 5.32 Å². The number of nitrogens with zero attached hydrogens (tertiary/aromatic N) is 2. The van der Waals surface area contributed by atoms with Crippen LogP contribution in [0.3, 0.4) is 0 Å². The van der Waals surface area contributed by atoms with E-state index in [0.717, 1.165) is 10.4 Å². The van der Waals surface area contributed by atoms with E-state index < -0.39 is 0 Å². The fourth-order valence-corrected chi connectivity index (χ4v) is 1.54. The second kappa shape index (κ2) is 5.26. The molecule has 4 nitrogen and oxygen atoms in total. The Bertz CT molecular complexity index is 293. The van der Waals surface area contributed by atoms with Crippen molar-refractivity contribution in [2.75, 3.05) is 5.32 Å². The number of rotatable bonds is 4. The van der Waals surface area contributed by atoms with Gasteiger partial charge in [0.1, 0.15) is 16.7 Å². The van der Waals surface area contributed by atoms with Gasteiger partial charge in [0.05, 0.1) is 6.10 Å². The molecule has 2 atom stereocenters. The van der Waals surface area contributed by atoms with E-state index in [4.69, 9.17) is 0 Å². The summed E-state index contributed by atoms with van der Waals surface area (Å²) in [5, 5.41) is 12.3. The minimum absolute atomic E-state index is 0.191. The second-order valence-electron chi connectivity index (χ2n) is 3.36. The number of nitrogens with one attached hydrogen (secondary N) is 1. The largest absolute Gasteiger partial charge is 0.393 e. The van der Waals surface area contributed by atoms with Crippen LogP contribution >= 0.6 is 15.9 Å². The van der Waals surface area contributed by atoms with E-state index >= 15 is 0 Å². The lowest BCUT2D eigenvalue weighted by molar-refractivity contribution is 0.179. The molecule has 1 aromatic heterocycles. The molecule has 5 heteroatoms. The van der Waals surface area contributed by atoms with Crippen LogP contribution in [0.4, 0.5) is 5.82 Å². The van der Waals surface area contributed by atoms with E-state index in [9.17, 15) is 5.11 Å². The molecule has 0 fully saturated rings. The molecule has 1 heterocycles. The monoisotopic (exact) mass is 259 g/mol. The molecule has 14 heavy (non-hydrogen) atoms. The van der Waals surface area contributed by atoms with Gasteiger partial charge in [-0.3, -0.25) is 0 Å². The Morgan fingerprint density at radius 3 is 2.79 bits per heavy atom. The molecular weight excluding hydrogens is 246 g/mol. The molecule has 1 aromatic rings. The van der Waals surface area contributed by atoms with Gasteiger partial charge in [-0.05, 0) is 36.2 Å². The number of hydrogen-bond donors (Lipinski definition) is 2. The average molecular weight is 260 g/mol. The van der Waals surface area contributed by atoms with Crippen LogP contribution in [0.15, 0.2) is 17.0 Å². The summed E-state index contributed by atoms with van der Waals surface area (Å²) in [4.78, 5) is 7.98. The zero-order valence-electron chi connectivity index (χ0n) is 8.24. The zero-order valence-corrected chi connectivity index (χ0v) is 9.82. The van der Waals surface area contributed by atoms with Gasteiger partial charge in [0, 0.05) is 12.1 Å². The fourth-order valence-electron chi connectivity index (χ4n) is 1.24. The number of anilines is 1. The minimum Gasteiger partial charge on any atom is -0.393 e. The van der Waals surface area contributed by atoms with Crippen molar-refractivity contribution in [1.82, 2.24) is 9.97 Å². The van der Waals surface area contributed by atoms with Crippen LogP contribution in [0.2, 0.25) is 0 Å². The number of aliphatic hydroxyl groups excluding tert-OH is 1. The van der Waals surface area contributed by atoms with Gasteiger partial charge in [-0.1, -0.05) is 0 Å². The van der Waals surface area contributed by atoms with Crippen molar-refractivity contribution in [3.8, 4) is 0 Å². The molecule has 0 spiro atoms. The first-order valence-electron chi connectivity index (χ1n) is 4.50. The van der Waals surface area contributed by atoms with E-state index in [0.29, 0.717) is 6.42 Å². The molecule has 0 aliphatic rings. The first-order chi connectivity index (χ1) is 6.58. The van der Waals surface area contributed by atoms with Crippen molar-refractivity contribution < 1.29 is 5.11 Å². The van der Waals surface area contributed by atoms with Crippen molar-refractivity contribution in [2.45, 2.75) is 32.4 Å². The first-order valence-corrected chi connectivity index (χ1v) is 5.29. The van der Waals surface area contributed by atoms with E-state index in [-0.39, 0.29) is 12.1 Å². The lowest BCUT2D eigenvalue weighted by Crippen LogP contribution is -2.21. The summed E-state index contributed by atoms with van der Waals surface area (Å²) in [6.07, 6.45) is 1.88. The molecule has 2 unspecified atom stereocenters. The Labute approximate surface area is 91.9 Å². The third kappa shape index (κ3) is 4.02. The molecule has 0 bridgehead atoms. The lowest BCUT2D eigenvalue weighted by Gasteiger charge is -2.15. The molecule has 0 radical (unpaired) electrons. The third-order valence-electron chi connectivity index (χ3n) is 1.72. The maximum absolute atomic E-state index is 9.17. The van der Waals surface area contributed by atoms with Crippen molar-refractivity contribution in [1.29, 1.82) is 0 Å². The van der Waals surface area contributed by atoms with Crippen molar-refractivity contribution >= 4 is 21.7 Å². The summed E-state index contributed by atoms with van der Waals surface area (Å²) in [5.74, 6) is 0.764. The number of aliphatic hydroxyl groups is 1. The molecule has 1 rings (SSSR count). The maximum atomic E-state index is 9.17. The van der Waals surface area contributed by atoms with Gasteiger partial charge in [-0.2, -0.15) is 0 Å². The predicted molar refractivity (Wildman–Crippen MR) is 59.1 cm³/mol. The SMILES string of the molecule is CC(O)CC(C)Nc1cc(Br)ncn1. The minimum atomic E-state index is -0.303. The molecule has 2 N–H and O–H groups in total. The van der Waals surface area contributed by atoms with E-state index in [1.807, 2.05) is 6.92 Å². The van der Waals surface area contributed by atoms with Gasteiger partial charge in [-0.15, -0.1) is 0 Å². The summed E-state index contributed by atoms with van der Waals surface area (Å²) in [7, 11) is 0. The zero-order chi connectivity index (χ0) is 10.6. The first kappa shape index (κ1) is 11.4. The highest BCUT2D eigenvalue weighted by Gasteiger charge is 2.06. The maximum Gasteiger partial charge on any atom is 0.130 e. The number of hydrogen-bond acceptors (Lipinski definition) is 4. The number of halogens is 1. The van der Waals surface area contributed by atoms with Crippen LogP contribution in [-0.2, 0) is 0 Å². The van der Waals surface area contributed by atoms with Gasteiger partial charge < -0.3 is 10.4 Å². The smallest absolute Gasteiger partial charge is 0.130 e. The fraction of sp³-hybridized carbons (Fsp3) is 0.556. The molecule has 0 aromatic carbocycles. The Morgan fingerprint density at radius 2 is 2.21 bits per heavy atom. The molecular formula is C9H14BrN3O. The van der Waals surface area contributed by atoms with Crippen molar-refractivity contribution in [2.24, 2.45) is 0 Å². The van der Waals surface area contributed by atoms with Crippen LogP contribution in [0.5, 0.6) is 0 Å². The molecule has 0 amide bonds. The summed E-state index contributed by atoms with van der Waals surface area (Å²) in [6.45, 7) is 3.77. The topological polar surface area (TPSA) is 58.0 Å². The van der Waals surface area contributed by atoms with Gasteiger partial charge in [-0.25, -0.2) is 9.97 Å². The normalized spacial score (nSPS) is 14.9. The predicted octanol–water partition coefficient (Wildman–Crippen LogP) is 1.81. The Morgan fingerprint density at radius 1 is 1.50 bits per heavy atom. The summed E-state index contributed by atoms with van der Waals surface area (Å²) in [6, 6.07) is 2.00. The van der Waals surface area contributed by atoms with Crippen LogP contribution in [0, 0.1) is 0 Å². The van der Waals surface area contributed by atoms with Crippen LogP contribution in [-0.4, -0.2) is 27.2 Å². The van der Waals surface area contributed by atoms with Gasteiger partial charge in [0.2, 0.25) is 0 Å². The van der Waals surface area contributed by atoms with E-state index in [1.54, 1.807) is 13.0 Å². The van der Waals surface area contributed by atoms with Gasteiger partial charge in [0.15, 0.2) is 0 Å². The molecule has 78 valence electrons. The Hall–Kier alpha value is -0.680. The molecule has 0 aliphatic carbocycles. The van der Waals surface area contributed by atoms with E-state index in [2.05, 4.69) is 31.2 Å². The quantitative estimate of drug-likeness (QED) is 0.810.